The second-order valence-electron chi connectivity index (χ2n) is 4.51. The molecular weight excluding hydrogens is 224 g/mol. The van der Waals surface area contributed by atoms with Crippen LogP contribution in [-0.4, -0.2) is 21.8 Å². The van der Waals surface area contributed by atoms with Gasteiger partial charge in [0.2, 0.25) is 0 Å². The molecule has 0 atom stereocenters. The Hall–Kier alpha value is -1.68. The van der Waals surface area contributed by atoms with Gasteiger partial charge in [0.15, 0.2) is 0 Å². The van der Waals surface area contributed by atoms with Crippen molar-refractivity contribution in [2.45, 2.75) is 33.4 Å². The molecule has 0 unspecified atom stereocenters. The zero-order chi connectivity index (χ0) is 13.0. The molecule has 4 heteroatoms. The minimum Gasteiger partial charge on any atom is -0.316 e. The Labute approximate surface area is 108 Å². The van der Waals surface area contributed by atoms with E-state index in [9.17, 15) is 0 Å². The SMILES string of the molecule is CNCc1c(C)nn(CCc2cccnc2)c1C. The number of aromatic nitrogens is 3. The number of hydrogen-bond donors (Lipinski definition) is 1. The molecule has 2 rings (SSSR count). The molecule has 0 fully saturated rings. The fourth-order valence-electron chi connectivity index (χ4n) is 2.17. The molecule has 0 saturated heterocycles. The van der Waals surface area contributed by atoms with Crippen LogP contribution in [0.15, 0.2) is 24.5 Å². The fraction of sp³-hybridized carbons (Fsp3) is 0.429. The third kappa shape index (κ3) is 2.76. The Morgan fingerprint density at radius 3 is 2.83 bits per heavy atom. The van der Waals surface area contributed by atoms with Crippen molar-refractivity contribution < 1.29 is 0 Å². The lowest BCUT2D eigenvalue weighted by atomic mass is 10.2. The summed E-state index contributed by atoms with van der Waals surface area (Å²) in [5, 5.41) is 7.79. The van der Waals surface area contributed by atoms with E-state index in [4.69, 9.17) is 0 Å². The molecule has 2 heterocycles. The molecule has 0 spiro atoms. The van der Waals surface area contributed by atoms with Gasteiger partial charge in [-0.3, -0.25) is 9.67 Å². The van der Waals surface area contributed by atoms with Crippen molar-refractivity contribution >= 4 is 0 Å². The van der Waals surface area contributed by atoms with Gasteiger partial charge in [0.05, 0.1) is 5.69 Å². The Bertz CT molecular complexity index is 502. The van der Waals surface area contributed by atoms with Gasteiger partial charge in [-0.1, -0.05) is 6.07 Å². The van der Waals surface area contributed by atoms with E-state index >= 15 is 0 Å². The highest BCUT2D eigenvalue weighted by molar-refractivity contribution is 5.24. The molecule has 0 radical (unpaired) electrons. The molecular formula is C14H20N4. The quantitative estimate of drug-likeness (QED) is 0.873. The molecule has 4 nitrogen and oxygen atoms in total. The van der Waals surface area contributed by atoms with Crippen molar-refractivity contribution in [3.8, 4) is 0 Å². The predicted molar refractivity (Wildman–Crippen MR) is 72.4 cm³/mol. The molecule has 0 aliphatic carbocycles. The Balaban J connectivity index is 2.08. The molecule has 96 valence electrons. The van der Waals surface area contributed by atoms with Crippen LogP contribution in [0.2, 0.25) is 0 Å². The van der Waals surface area contributed by atoms with Crippen molar-refractivity contribution in [3.63, 3.8) is 0 Å². The van der Waals surface area contributed by atoms with E-state index in [1.165, 1.54) is 16.8 Å². The largest absolute Gasteiger partial charge is 0.316 e. The lowest BCUT2D eigenvalue weighted by Gasteiger charge is -2.05. The van der Waals surface area contributed by atoms with Gasteiger partial charge in [-0.05, 0) is 38.9 Å². The smallest absolute Gasteiger partial charge is 0.0641 e. The Morgan fingerprint density at radius 1 is 1.33 bits per heavy atom. The Morgan fingerprint density at radius 2 is 2.17 bits per heavy atom. The van der Waals surface area contributed by atoms with Crippen LogP contribution in [-0.2, 0) is 19.5 Å². The summed E-state index contributed by atoms with van der Waals surface area (Å²) in [4.78, 5) is 4.13. The van der Waals surface area contributed by atoms with Crippen LogP contribution in [0.4, 0.5) is 0 Å². The van der Waals surface area contributed by atoms with Gasteiger partial charge in [0.1, 0.15) is 0 Å². The zero-order valence-electron chi connectivity index (χ0n) is 11.3. The molecule has 2 aromatic heterocycles. The van der Waals surface area contributed by atoms with E-state index in [0.717, 1.165) is 25.2 Å². The average molecular weight is 244 g/mol. The lowest BCUT2D eigenvalue weighted by Crippen LogP contribution is -2.08. The summed E-state index contributed by atoms with van der Waals surface area (Å²) in [5.74, 6) is 0. The molecule has 18 heavy (non-hydrogen) atoms. The number of hydrogen-bond acceptors (Lipinski definition) is 3. The summed E-state index contributed by atoms with van der Waals surface area (Å²) in [6.45, 7) is 5.99. The number of nitrogens with one attached hydrogen (secondary N) is 1. The highest BCUT2D eigenvalue weighted by atomic mass is 15.3. The number of pyridine rings is 1. The molecule has 0 aliphatic heterocycles. The molecule has 0 amide bonds. The van der Waals surface area contributed by atoms with Crippen LogP contribution < -0.4 is 5.32 Å². The van der Waals surface area contributed by atoms with Crippen LogP contribution >= 0.6 is 0 Å². The second kappa shape index (κ2) is 5.78. The van der Waals surface area contributed by atoms with Crippen molar-refractivity contribution in [1.82, 2.24) is 20.1 Å². The van der Waals surface area contributed by atoms with Crippen LogP contribution in [0.5, 0.6) is 0 Å². The molecule has 1 N–H and O–H groups in total. The molecule has 0 aliphatic rings. The van der Waals surface area contributed by atoms with Gasteiger partial charge in [-0.2, -0.15) is 5.10 Å². The van der Waals surface area contributed by atoms with Crippen molar-refractivity contribution in [2.75, 3.05) is 7.05 Å². The fourth-order valence-corrected chi connectivity index (χ4v) is 2.17. The summed E-state index contributed by atoms with van der Waals surface area (Å²) < 4.78 is 2.09. The van der Waals surface area contributed by atoms with Gasteiger partial charge in [-0.25, -0.2) is 0 Å². The third-order valence-corrected chi connectivity index (χ3v) is 3.22. The summed E-state index contributed by atoms with van der Waals surface area (Å²) in [7, 11) is 1.96. The normalized spacial score (nSPS) is 10.8. The van der Waals surface area contributed by atoms with E-state index in [0.29, 0.717) is 0 Å². The highest BCUT2D eigenvalue weighted by Gasteiger charge is 2.10. The summed E-state index contributed by atoms with van der Waals surface area (Å²) in [5.41, 5.74) is 4.93. The number of rotatable bonds is 5. The first-order valence-electron chi connectivity index (χ1n) is 6.28. The highest BCUT2D eigenvalue weighted by Crippen LogP contribution is 2.13. The van der Waals surface area contributed by atoms with Gasteiger partial charge in [0.25, 0.3) is 0 Å². The van der Waals surface area contributed by atoms with E-state index < -0.39 is 0 Å². The number of nitrogens with zero attached hydrogens (tertiary/aromatic N) is 3. The minimum absolute atomic E-state index is 0.880. The predicted octanol–water partition coefficient (Wildman–Crippen LogP) is 1.86. The first-order valence-corrected chi connectivity index (χ1v) is 6.28. The van der Waals surface area contributed by atoms with Crippen molar-refractivity contribution in [1.29, 1.82) is 0 Å². The topological polar surface area (TPSA) is 42.7 Å². The molecule has 0 bridgehead atoms. The molecule has 0 saturated carbocycles. The van der Waals surface area contributed by atoms with Crippen molar-refractivity contribution in [3.05, 3.63) is 47.0 Å². The minimum atomic E-state index is 0.880. The maximum atomic E-state index is 4.60. The van der Waals surface area contributed by atoms with Gasteiger partial charge in [0, 0.05) is 36.7 Å². The second-order valence-corrected chi connectivity index (χ2v) is 4.51. The van der Waals surface area contributed by atoms with Crippen LogP contribution in [0.1, 0.15) is 22.5 Å². The van der Waals surface area contributed by atoms with Crippen molar-refractivity contribution in [2.24, 2.45) is 0 Å². The summed E-state index contributed by atoms with van der Waals surface area (Å²) in [6.07, 6.45) is 4.69. The molecule has 0 aromatic carbocycles. The monoisotopic (exact) mass is 244 g/mol. The van der Waals surface area contributed by atoms with Gasteiger partial charge < -0.3 is 5.32 Å². The van der Waals surface area contributed by atoms with Crippen LogP contribution in [0, 0.1) is 13.8 Å². The summed E-state index contributed by atoms with van der Waals surface area (Å²) in [6, 6.07) is 4.08. The average Bonchev–Trinajstić information content (AvgIpc) is 2.66. The van der Waals surface area contributed by atoms with E-state index in [1.807, 2.05) is 19.3 Å². The zero-order valence-corrected chi connectivity index (χ0v) is 11.3. The van der Waals surface area contributed by atoms with Gasteiger partial charge in [-0.15, -0.1) is 0 Å². The van der Waals surface area contributed by atoms with E-state index in [1.54, 1.807) is 6.20 Å². The van der Waals surface area contributed by atoms with E-state index in [-0.39, 0.29) is 0 Å². The first-order chi connectivity index (χ1) is 8.72. The lowest BCUT2D eigenvalue weighted by molar-refractivity contribution is 0.592. The van der Waals surface area contributed by atoms with Gasteiger partial charge >= 0.3 is 0 Å². The standard InChI is InChI=1S/C14H20N4/c1-11-14(10-15-3)12(2)18(17-11)8-6-13-5-4-7-16-9-13/h4-5,7,9,15H,6,8,10H2,1-3H3. The first kappa shape index (κ1) is 12.8. The van der Waals surface area contributed by atoms with Crippen LogP contribution in [0.3, 0.4) is 0 Å². The maximum absolute atomic E-state index is 4.60. The maximum Gasteiger partial charge on any atom is 0.0641 e. The molecule has 2 aromatic rings. The van der Waals surface area contributed by atoms with E-state index in [2.05, 4.69) is 40.0 Å². The Kier molecular flexibility index (Phi) is 4.10. The third-order valence-electron chi connectivity index (χ3n) is 3.22. The number of aryl methyl sites for hydroxylation is 3. The summed E-state index contributed by atoms with van der Waals surface area (Å²) >= 11 is 0. The van der Waals surface area contributed by atoms with Crippen LogP contribution in [0.25, 0.3) is 0 Å².